The molecule has 1 N–H and O–H groups in total. The maximum Gasteiger partial charge on any atom is 0.373 e. The fraction of sp³-hybridized carbons (Fsp3) is 0.192. The quantitative estimate of drug-likeness (QED) is 0.269. The van der Waals surface area contributed by atoms with E-state index in [4.69, 9.17) is 13.9 Å². The van der Waals surface area contributed by atoms with E-state index in [-0.39, 0.29) is 36.2 Å². The third-order valence-corrected chi connectivity index (χ3v) is 5.19. The number of imide groups is 1. The van der Waals surface area contributed by atoms with Gasteiger partial charge in [-0.3, -0.25) is 9.69 Å². The number of furan rings is 1. The molecule has 3 aromatic rings. The summed E-state index contributed by atoms with van der Waals surface area (Å²) in [6, 6.07) is 13.4. The molecule has 4 rings (SSSR count). The molecule has 1 aliphatic heterocycles. The average molecular weight is 494 g/mol. The molecule has 1 aliphatic rings. The standard InChI is InChI=1S/C26H23FN2O7/c1-3-34-23-13-16(7-9-21(23)35-15-17-5-4-6-18(27)11-17)12-20-24(30)29(26(32)28-20)14-19-8-10-22(36-19)25(31)33-2/h4-13H,3,14-15H2,1-2H3,(H,28,32). The van der Waals surface area contributed by atoms with Gasteiger partial charge in [-0.25, -0.2) is 14.0 Å². The molecule has 1 fully saturated rings. The largest absolute Gasteiger partial charge is 0.490 e. The van der Waals surface area contributed by atoms with Crippen molar-refractivity contribution in [1.29, 1.82) is 0 Å². The number of hydrogen-bond donors (Lipinski definition) is 1. The zero-order chi connectivity index (χ0) is 25.7. The van der Waals surface area contributed by atoms with Gasteiger partial charge in [0.25, 0.3) is 5.91 Å². The van der Waals surface area contributed by atoms with Gasteiger partial charge in [-0.05, 0) is 60.5 Å². The number of amides is 3. The zero-order valence-corrected chi connectivity index (χ0v) is 19.6. The fourth-order valence-corrected chi connectivity index (χ4v) is 3.50. The predicted molar refractivity (Wildman–Crippen MR) is 125 cm³/mol. The second kappa shape index (κ2) is 10.8. The van der Waals surface area contributed by atoms with Gasteiger partial charge in [0.2, 0.25) is 5.76 Å². The Balaban J connectivity index is 1.48. The maximum atomic E-state index is 13.4. The molecule has 0 bridgehead atoms. The molecule has 186 valence electrons. The summed E-state index contributed by atoms with van der Waals surface area (Å²) in [5.74, 6) is -0.463. The summed E-state index contributed by atoms with van der Waals surface area (Å²) < 4.78 is 34.8. The van der Waals surface area contributed by atoms with Gasteiger partial charge in [-0.2, -0.15) is 0 Å². The third-order valence-electron chi connectivity index (χ3n) is 5.19. The molecule has 2 aromatic carbocycles. The normalized spacial score (nSPS) is 14.2. The topological polar surface area (TPSA) is 107 Å². The molecular weight excluding hydrogens is 471 g/mol. The van der Waals surface area contributed by atoms with E-state index in [0.29, 0.717) is 29.2 Å². The van der Waals surface area contributed by atoms with Crippen molar-refractivity contribution in [2.75, 3.05) is 13.7 Å². The van der Waals surface area contributed by atoms with Crippen molar-refractivity contribution in [2.24, 2.45) is 0 Å². The van der Waals surface area contributed by atoms with E-state index >= 15 is 0 Å². The highest BCUT2D eigenvalue weighted by molar-refractivity contribution is 6.13. The lowest BCUT2D eigenvalue weighted by atomic mass is 10.1. The molecule has 36 heavy (non-hydrogen) atoms. The lowest BCUT2D eigenvalue weighted by Gasteiger charge is -2.13. The van der Waals surface area contributed by atoms with Crippen LogP contribution in [0.1, 0.15) is 34.4 Å². The Morgan fingerprint density at radius 1 is 1.08 bits per heavy atom. The van der Waals surface area contributed by atoms with Crippen molar-refractivity contribution in [2.45, 2.75) is 20.1 Å². The molecule has 1 aromatic heterocycles. The molecule has 2 heterocycles. The molecular formula is C26H23FN2O7. The fourth-order valence-electron chi connectivity index (χ4n) is 3.50. The van der Waals surface area contributed by atoms with Crippen molar-refractivity contribution in [1.82, 2.24) is 10.2 Å². The van der Waals surface area contributed by atoms with Gasteiger partial charge in [-0.1, -0.05) is 18.2 Å². The van der Waals surface area contributed by atoms with Gasteiger partial charge in [0.15, 0.2) is 11.5 Å². The number of rotatable bonds is 9. The van der Waals surface area contributed by atoms with E-state index in [1.165, 1.54) is 37.5 Å². The van der Waals surface area contributed by atoms with Crippen LogP contribution in [0.25, 0.3) is 6.08 Å². The highest BCUT2D eigenvalue weighted by atomic mass is 19.1. The molecule has 3 amide bonds. The van der Waals surface area contributed by atoms with Gasteiger partial charge in [0, 0.05) is 0 Å². The first-order valence-electron chi connectivity index (χ1n) is 11.0. The number of benzene rings is 2. The van der Waals surface area contributed by atoms with Crippen LogP contribution < -0.4 is 14.8 Å². The van der Waals surface area contributed by atoms with Crippen LogP contribution in [0.2, 0.25) is 0 Å². The van der Waals surface area contributed by atoms with Crippen molar-refractivity contribution >= 4 is 24.0 Å². The number of nitrogens with one attached hydrogen (secondary N) is 1. The summed E-state index contributed by atoms with van der Waals surface area (Å²) in [5, 5.41) is 2.54. The molecule has 0 spiro atoms. The molecule has 1 saturated heterocycles. The minimum atomic E-state index is -0.660. The van der Waals surface area contributed by atoms with Crippen LogP contribution in [0.4, 0.5) is 9.18 Å². The minimum absolute atomic E-state index is 0.0292. The number of halogens is 1. The number of carbonyl (C=O) groups is 3. The SMILES string of the molecule is CCOc1cc(C=C2NC(=O)N(Cc3ccc(C(=O)OC)o3)C2=O)ccc1OCc1cccc(F)c1. The second-order valence-corrected chi connectivity index (χ2v) is 7.69. The van der Waals surface area contributed by atoms with Crippen LogP contribution in [0.3, 0.4) is 0 Å². The van der Waals surface area contributed by atoms with Gasteiger partial charge < -0.3 is 23.9 Å². The predicted octanol–water partition coefficient (Wildman–Crippen LogP) is 4.28. The highest BCUT2D eigenvalue weighted by Gasteiger charge is 2.34. The van der Waals surface area contributed by atoms with Crippen LogP contribution in [-0.2, 0) is 22.7 Å². The van der Waals surface area contributed by atoms with E-state index in [0.717, 1.165) is 4.90 Å². The van der Waals surface area contributed by atoms with Crippen LogP contribution in [0.5, 0.6) is 11.5 Å². The average Bonchev–Trinajstić information content (AvgIpc) is 3.44. The molecule has 0 saturated carbocycles. The summed E-state index contributed by atoms with van der Waals surface area (Å²) >= 11 is 0. The van der Waals surface area contributed by atoms with E-state index in [9.17, 15) is 18.8 Å². The van der Waals surface area contributed by atoms with Crippen molar-refractivity contribution < 1.29 is 37.4 Å². The van der Waals surface area contributed by atoms with Gasteiger partial charge in [0.1, 0.15) is 23.9 Å². The Kier molecular flexibility index (Phi) is 7.33. The zero-order valence-electron chi connectivity index (χ0n) is 19.6. The first-order chi connectivity index (χ1) is 17.4. The highest BCUT2D eigenvalue weighted by Crippen LogP contribution is 2.30. The van der Waals surface area contributed by atoms with Crippen LogP contribution in [-0.4, -0.2) is 36.5 Å². The minimum Gasteiger partial charge on any atom is -0.490 e. The lowest BCUT2D eigenvalue weighted by Crippen LogP contribution is -2.30. The number of urea groups is 1. The third kappa shape index (κ3) is 5.54. The van der Waals surface area contributed by atoms with Crippen molar-refractivity contribution in [3.63, 3.8) is 0 Å². The maximum absolute atomic E-state index is 13.4. The summed E-state index contributed by atoms with van der Waals surface area (Å²) in [4.78, 5) is 37.8. The Bertz CT molecular complexity index is 1330. The number of hydrogen-bond acceptors (Lipinski definition) is 7. The number of esters is 1. The van der Waals surface area contributed by atoms with Crippen LogP contribution in [0, 0.1) is 5.82 Å². The van der Waals surface area contributed by atoms with Crippen molar-refractivity contribution in [3.8, 4) is 11.5 Å². The van der Waals surface area contributed by atoms with Gasteiger partial charge in [0.05, 0.1) is 20.3 Å². The monoisotopic (exact) mass is 494 g/mol. The first kappa shape index (κ1) is 24.5. The summed E-state index contributed by atoms with van der Waals surface area (Å²) in [6.07, 6.45) is 1.51. The summed E-state index contributed by atoms with van der Waals surface area (Å²) in [7, 11) is 1.22. The Labute approximate surface area is 206 Å². The Morgan fingerprint density at radius 2 is 1.92 bits per heavy atom. The van der Waals surface area contributed by atoms with E-state index in [1.807, 2.05) is 6.92 Å². The van der Waals surface area contributed by atoms with E-state index in [1.54, 1.807) is 30.3 Å². The number of ether oxygens (including phenoxy) is 3. The molecule has 9 nitrogen and oxygen atoms in total. The lowest BCUT2D eigenvalue weighted by molar-refractivity contribution is -0.123. The van der Waals surface area contributed by atoms with Crippen LogP contribution >= 0.6 is 0 Å². The smallest absolute Gasteiger partial charge is 0.373 e. The van der Waals surface area contributed by atoms with Crippen LogP contribution in [0.15, 0.2) is 64.7 Å². The second-order valence-electron chi connectivity index (χ2n) is 7.69. The molecule has 10 heteroatoms. The van der Waals surface area contributed by atoms with Gasteiger partial charge >= 0.3 is 12.0 Å². The summed E-state index contributed by atoms with van der Waals surface area (Å²) in [6.45, 7) is 2.18. The summed E-state index contributed by atoms with van der Waals surface area (Å²) in [5.41, 5.74) is 1.32. The number of methoxy groups -OCH3 is 1. The molecule has 0 unspecified atom stereocenters. The number of carbonyl (C=O) groups excluding carboxylic acids is 3. The van der Waals surface area contributed by atoms with Crippen molar-refractivity contribution in [3.05, 3.63) is 88.8 Å². The Morgan fingerprint density at radius 3 is 2.67 bits per heavy atom. The first-order valence-corrected chi connectivity index (χ1v) is 11.0. The number of nitrogens with zero attached hydrogens (tertiary/aromatic N) is 1. The van der Waals surface area contributed by atoms with Gasteiger partial charge in [-0.15, -0.1) is 0 Å². The molecule has 0 aliphatic carbocycles. The van der Waals surface area contributed by atoms with E-state index < -0.39 is 17.9 Å². The Hall–Kier alpha value is -4.60. The molecule has 0 radical (unpaired) electrons. The van der Waals surface area contributed by atoms with E-state index in [2.05, 4.69) is 10.1 Å². The molecule has 0 atom stereocenters.